The standard InChI is InChI=1S/C20H20FN5O2/c1-12-18(9-17(25-24-12)16-10-22-20(28)23-19(16)27)26-8-2-3-14(11-26)13-4-6-15(21)7-5-13/h4-7,9-10,14H,2-3,8,11H2,1H3,(H2,22,23,27,28). The summed E-state index contributed by atoms with van der Waals surface area (Å²) in [7, 11) is 0. The van der Waals surface area contributed by atoms with Crippen LogP contribution in [-0.4, -0.2) is 33.3 Å². The molecule has 28 heavy (non-hydrogen) atoms. The third-order valence-electron chi connectivity index (χ3n) is 5.15. The molecule has 1 unspecified atom stereocenters. The van der Waals surface area contributed by atoms with Crippen LogP contribution in [-0.2, 0) is 0 Å². The predicted molar refractivity (Wildman–Crippen MR) is 104 cm³/mol. The minimum absolute atomic E-state index is 0.235. The third-order valence-corrected chi connectivity index (χ3v) is 5.15. The van der Waals surface area contributed by atoms with Gasteiger partial charge in [-0.1, -0.05) is 12.1 Å². The lowest BCUT2D eigenvalue weighted by Gasteiger charge is -2.35. The highest BCUT2D eigenvalue weighted by atomic mass is 19.1. The lowest BCUT2D eigenvalue weighted by molar-refractivity contribution is 0.508. The molecule has 144 valence electrons. The number of nitrogens with zero attached hydrogens (tertiary/aromatic N) is 3. The maximum absolute atomic E-state index is 13.2. The number of H-pyrrole nitrogens is 2. The van der Waals surface area contributed by atoms with Gasteiger partial charge in [-0.25, -0.2) is 9.18 Å². The molecule has 1 atom stereocenters. The van der Waals surface area contributed by atoms with Crippen LogP contribution in [0.4, 0.5) is 10.1 Å². The van der Waals surface area contributed by atoms with Crippen LogP contribution in [0, 0.1) is 12.7 Å². The van der Waals surface area contributed by atoms with Gasteiger partial charge >= 0.3 is 5.69 Å². The van der Waals surface area contributed by atoms with Gasteiger partial charge in [0.2, 0.25) is 0 Å². The first-order chi connectivity index (χ1) is 13.5. The molecule has 2 N–H and O–H groups in total. The summed E-state index contributed by atoms with van der Waals surface area (Å²) in [5, 5.41) is 8.34. The second-order valence-corrected chi connectivity index (χ2v) is 7.02. The predicted octanol–water partition coefficient (Wildman–Crippen LogP) is 2.35. The second kappa shape index (κ2) is 7.38. The van der Waals surface area contributed by atoms with Crippen molar-refractivity contribution in [3.8, 4) is 11.3 Å². The molecule has 0 bridgehead atoms. The Hall–Kier alpha value is -3.29. The fraction of sp³-hybridized carbons (Fsp3) is 0.300. The van der Waals surface area contributed by atoms with Crippen molar-refractivity contribution in [2.45, 2.75) is 25.7 Å². The molecule has 0 saturated carbocycles. The first-order valence-corrected chi connectivity index (χ1v) is 9.18. The molecule has 0 aliphatic carbocycles. The Kier molecular flexibility index (Phi) is 4.77. The van der Waals surface area contributed by atoms with E-state index in [-0.39, 0.29) is 11.4 Å². The van der Waals surface area contributed by atoms with E-state index in [1.165, 1.54) is 18.3 Å². The molecule has 3 aromatic rings. The molecule has 1 aliphatic heterocycles. The first kappa shape index (κ1) is 18.1. The molecule has 1 fully saturated rings. The zero-order valence-electron chi connectivity index (χ0n) is 15.4. The molecule has 3 heterocycles. The van der Waals surface area contributed by atoms with E-state index in [9.17, 15) is 14.0 Å². The number of aryl methyl sites for hydroxylation is 1. The Labute approximate surface area is 160 Å². The van der Waals surface area contributed by atoms with Gasteiger partial charge < -0.3 is 9.88 Å². The average Bonchev–Trinajstić information content (AvgIpc) is 2.69. The summed E-state index contributed by atoms with van der Waals surface area (Å²) in [5.41, 5.74) is 2.39. The minimum atomic E-state index is -0.563. The Morgan fingerprint density at radius 1 is 1.18 bits per heavy atom. The summed E-state index contributed by atoms with van der Waals surface area (Å²) < 4.78 is 13.2. The molecule has 0 amide bonds. The van der Waals surface area contributed by atoms with Crippen LogP contribution in [0.1, 0.15) is 30.0 Å². The van der Waals surface area contributed by atoms with Crippen molar-refractivity contribution in [2.75, 3.05) is 18.0 Å². The van der Waals surface area contributed by atoms with Crippen molar-refractivity contribution >= 4 is 5.69 Å². The second-order valence-electron chi connectivity index (χ2n) is 7.02. The van der Waals surface area contributed by atoms with Crippen LogP contribution < -0.4 is 16.1 Å². The fourth-order valence-corrected chi connectivity index (χ4v) is 3.70. The molecule has 2 aromatic heterocycles. The topological polar surface area (TPSA) is 94.7 Å². The average molecular weight is 381 g/mol. The number of anilines is 1. The number of halogens is 1. The van der Waals surface area contributed by atoms with Crippen molar-refractivity contribution in [1.29, 1.82) is 0 Å². The Morgan fingerprint density at radius 3 is 2.71 bits per heavy atom. The van der Waals surface area contributed by atoms with Crippen LogP contribution in [0.5, 0.6) is 0 Å². The molecule has 8 heteroatoms. The molecule has 1 aliphatic rings. The molecule has 7 nitrogen and oxygen atoms in total. The quantitative estimate of drug-likeness (QED) is 0.726. The number of hydrogen-bond acceptors (Lipinski definition) is 5. The summed E-state index contributed by atoms with van der Waals surface area (Å²) in [6.45, 7) is 3.52. The van der Waals surface area contributed by atoms with Gasteiger partial charge in [0.1, 0.15) is 11.5 Å². The molecular formula is C20H20FN5O2. The number of aromatic nitrogens is 4. The van der Waals surface area contributed by atoms with E-state index in [0.717, 1.165) is 42.9 Å². The summed E-state index contributed by atoms with van der Waals surface area (Å²) in [5.74, 6) is 0.0585. The van der Waals surface area contributed by atoms with Gasteiger partial charge in [-0.2, -0.15) is 5.10 Å². The van der Waals surface area contributed by atoms with E-state index in [2.05, 4.69) is 25.1 Å². The highest BCUT2D eigenvalue weighted by Gasteiger charge is 2.24. The van der Waals surface area contributed by atoms with Crippen molar-refractivity contribution in [2.24, 2.45) is 0 Å². The molecule has 4 rings (SSSR count). The number of hydrogen-bond donors (Lipinski definition) is 2. The van der Waals surface area contributed by atoms with E-state index in [0.29, 0.717) is 11.6 Å². The van der Waals surface area contributed by atoms with Gasteiger partial charge in [0.05, 0.1) is 16.9 Å². The van der Waals surface area contributed by atoms with E-state index in [1.54, 1.807) is 0 Å². The Balaban J connectivity index is 1.65. The zero-order chi connectivity index (χ0) is 19.7. The number of piperidine rings is 1. The maximum atomic E-state index is 13.2. The summed E-state index contributed by atoms with van der Waals surface area (Å²) >= 11 is 0. The summed E-state index contributed by atoms with van der Waals surface area (Å²) in [6, 6.07) is 8.50. The number of benzene rings is 1. The van der Waals surface area contributed by atoms with E-state index in [1.807, 2.05) is 25.1 Å². The lowest BCUT2D eigenvalue weighted by Crippen LogP contribution is -2.35. The monoisotopic (exact) mass is 381 g/mol. The summed E-state index contributed by atoms with van der Waals surface area (Å²) in [6.07, 6.45) is 3.38. The minimum Gasteiger partial charge on any atom is -0.369 e. The Morgan fingerprint density at radius 2 is 1.96 bits per heavy atom. The zero-order valence-corrected chi connectivity index (χ0v) is 15.4. The van der Waals surface area contributed by atoms with Gasteiger partial charge in [0, 0.05) is 25.2 Å². The van der Waals surface area contributed by atoms with E-state index < -0.39 is 11.2 Å². The lowest BCUT2D eigenvalue weighted by atomic mass is 9.90. The first-order valence-electron chi connectivity index (χ1n) is 9.18. The number of aromatic amines is 2. The van der Waals surface area contributed by atoms with Crippen LogP contribution in [0.15, 0.2) is 46.1 Å². The third kappa shape index (κ3) is 3.58. The summed E-state index contributed by atoms with van der Waals surface area (Å²) in [4.78, 5) is 30.2. The largest absolute Gasteiger partial charge is 0.369 e. The fourth-order valence-electron chi connectivity index (χ4n) is 3.70. The highest BCUT2D eigenvalue weighted by Crippen LogP contribution is 2.32. The van der Waals surface area contributed by atoms with Crippen molar-refractivity contribution in [1.82, 2.24) is 20.2 Å². The molecule has 0 spiro atoms. The van der Waals surface area contributed by atoms with Gasteiger partial charge in [-0.05, 0) is 43.5 Å². The van der Waals surface area contributed by atoms with Crippen molar-refractivity contribution in [3.05, 3.63) is 74.4 Å². The van der Waals surface area contributed by atoms with E-state index >= 15 is 0 Å². The van der Waals surface area contributed by atoms with Crippen LogP contribution in [0.2, 0.25) is 0 Å². The molecular weight excluding hydrogens is 361 g/mol. The Bertz CT molecular complexity index is 1110. The van der Waals surface area contributed by atoms with Gasteiger partial charge in [-0.3, -0.25) is 9.78 Å². The molecule has 0 radical (unpaired) electrons. The van der Waals surface area contributed by atoms with Crippen LogP contribution in [0.3, 0.4) is 0 Å². The molecule has 1 saturated heterocycles. The SMILES string of the molecule is Cc1nnc(-c2c[nH]c(=O)[nH]c2=O)cc1N1CCCC(c2ccc(F)cc2)C1. The van der Waals surface area contributed by atoms with Crippen molar-refractivity contribution < 1.29 is 4.39 Å². The van der Waals surface area contributed by atoms with Crippen LogP contribution in [0.25, 0.3) is 11.3 Å². The van der Waals surface area contributed by atoms with Gasteiger partial charge in [0.25, 0.3) is 5.56 Å². The highest BCUT2D eigenvalue weighted by molar-refractivity contribution is 5.64. The number of nitrogens with one attached hydrogen (secondary N) is 2. The van der Waals surface area contributed by atoms with Crippen LogP contribution >= 0.6 is 0 Å². The normalized spacial score (nSPS) is 16.9. The van der Waals surface area contributed by atoms with Gasteiger partial charge in [0.15, 0.2) is 0 Å². The maximum Gasteiger partial charge on any atom is 0.325 e. The number of rotatable bonds is 3. The molecule has 1 aromatic carbocycles. The van der Waals surface area contributed by atoms with Crippen molar-refractivity contribution in [3.63, 3.8) is 0 Å². The van der Waals surface area contributed by atoms with Gasteiger partial charge in [-0.15, -0.1) is 5.10 Å². The smallest absolute Gasteiger partial charge is 0.325 e. The van der Waals surface area contributed by atoms with E-state index in [4.69, 9.17) is 0 Å².